The molecule has 0 aliphatic heterocycles. The molecular formula is C14H16FN3O2S. The highest BCUT2D eigenvalue weighted by atomic mass is 32.2. The summed E-state index contributed by atoms with van der Waals surface area (Å²) >= 11 is 0. The van der Waals surface area contributed by atoms with Crippen LogP contribution in [0.2, 0.25) is 0 Å². The Kier molecular flexibility index (Phi) is 4.77. The van der Waals surface area contributed by atoms with Crippen molar-refractivity contribution in [3.63, 3.8) is 0 Å². The minimum Gasteiger partial charge on any atom is -0.383 e. The van der Waals surface area contributed by atoms with Gasteiger partial charge in [0.25, 0.3) is 0 Å². The predicted octanol–water partition coefficient (Wildman–Crippen LogP) is 2.00. The second kappa shape index (κ2) is 6.55. The van der Waals surface area contributed by atoms with Gasteiger partial charge >= 0.3 is 0 Å². The lowest BCUT2D eigenvalue weighted by atomic mass is 10.3. The van der Waals surface area contributed by atoms with E-state index in [4.69, 9.17) is 5.14 Å². The lowest BCUT2D eigenvalue weighted by Gasteiger charge is -2.09. The molecule has 0 saturated heterocycles. The summed E-state index contributed by atoms with van der Waals surface area (Å²) in [6.45, 7) is 1.08. The Bertz CT molecular complexity index is 702. The number of primary sulfonamides is 1. The third-order valence-corrected chi connectivity index (χ3v) is 3.76. The molecule has 0 saturated carbocycles. The van der Waals surface area contributed by atoms with Crippen LogP contribution in [0.25, 0.3) is 0 Å². The molecule has 0 amide bonds. The van der Waals surface area contributed by atoms with E-state index in [0.717, 1.165) is 5.69 Å². The summed E-state index contributed by atoms with van der Waals surface area (Å²) in [5.41, 5.74) is 1.21. The minimum atomic E-state index is -3.67. The number of hydrogen-bond acceptors (Lipinski definition) is 4. The molecule has 0 aliphatic carbocycles. The van der Waals surface area contributed by atoms with Crippen LogP contribution in [0.15, 0.2) is 53.4 Å². The summed E-state index contributed by atoms with van der Waals surface area (Å²) in [5, 5.41) is 11.1. The van der Waals surface area contributed by atoms with E-state index >= 15 is 0 Å². The molecular weight excluding hydrogens is 293 g/mol. The van der Waals surface area contributed by atoms with E-state index in [1.165, 1.54) is 18.2 Å². The molecule has 21 heavy (non-hydrogen) atoms. The third-order valence-electron chi connectivity index (χ3n) is 2.83. The average molecular weight is 309 g/mol. The Morgan fingerprint density at radius 3 is 2.19 bits per heavy atom. The molecule has 2 rings (SSSR count). The zero-order valence-corrected chi connectivity index (χ0v) is 12.0. The zero-order chi connectivity index (χ0) is 15.3. The Balaban J connectivity index is 1.83. The number of benzene rings is 2. The highest BCUT2D eigenvalue weighted by molar-refractivity contribution is 7.89. The van der Waals surface area contributed by atoms with Gasteiger partial charge in [0.05, 0.1) is 10.6 Å². The number of rotatable bonds is 6. The molecule has 0 fully saturated rings. The molecule has 0 radical (unpaired) electrons. The lowest BCUT2D eigenvalue weighted by Crippen LogP contribution is -2.15. The topological polar surface area (TPSA) is 84.2 Å². The van der Waals surface area contributed by atoms with Crippen LogP contribution in [0.5, 0.6) is 0 Å². The molecule has 2 aromatic carbocycles. The van der Waals surface area contributed by atoms with Crippen LogP contribution in [0.3, 0.4) is 0 Å². The van der Waals surface area contributed by atoms with Gasteiger partial charge < -0.3 is 10.6 Å². The Labute approximate surface area is 123 Å². The molecule has 0 aromatic heterocycles. The van der Waals surface area contributed by atoms with Gasteiger partial charge in [-0.2, -0.15) is 0 Å². The quantitative estimate of drug-likeness (QED) is 0.713. The van der Waals surface area contributed by atoms with Crippen molar-refractivity contribution < 1.29 is 12.8 Å². The average Bonchev–Trinajstić information content (AvgIpc) is 2.45. The predicted molar refractivity (Wildman–Crippen MR) is 81.2 cm³/mol. The maximum atomic E-state index is 13.3. The first-order valence-electron chi connectivity index (χ1n) is 6.32. The second-order valence-corrected chi connectivity index (χ2v) is 5.96. The van der Waals surface area contributed by atoms with E-state index in [1.54, 1.807) is 30.3 Å². The van der Waals surface area contributed by atoms with Crippen LogP contribution in [-0.2, 0) is 10.0 Å². The summed E-state index contributed by atoms with van der Waals surface area (Å²) in [4.78, 5) is 0.0672. The van der Waals surface area contributed by atoms with Gasteiger partial charge in [-0.1, -0.05) is 12.1 Å². The van der Waals surface area contributed by atoms with Crippen LogP contribution in [0, 0.1) is 5.82 Å². The number of halogens is 1. The van der Waals surface area contributed by atoms with Crippen LogP contribution in [-0.4, -0.2) is 21.5 Å². The summed E-state index contributed by atoms with van der Waals surface area (Å²) in [7, 11) is -3.67. The molecule has 2 aromatic rings. The molecule has 7 heteroatoms. The first-order valence-corrected chi connectivity index (χ1v) is 7.86. The first-order chi connectivity index (χ1) is 9.97. The molecule has 0 unspecified atom stereocenters. The van der Waals surface area contributed by atoms with Crippen LogP contribution in [0.4, 0.5) is 15.8 Å². The summed E-state index contributed by atoms with van der Waals surface area (Å²) < 4.78 is 35.6. The van der Waals surface area contributed by atoms with Crippen molar-refractivity contribution in [3.05, 3.63) is 54.3 Å². The molecule has 5 nitrogen and oxygen atoms in total. The van der Waals surface area contributed by atoms with Crippen molar-refractivity contribution in [2.24, 2.45) is 5.14 Å². The number of sulfonamides is 1. The normalized spacial score (nSPS) is 11.1. The minimum absolute atomic E-state index is 0.0672. The SMILES string of the molecule is NS(=O)(=O)c1ccc(NCCNc2ccccc2F)cc1. The van der Waals surface area contributed by atoms with E-state index in [2.05, 4.69) is 10.6 Å². The number of nitrogens with one attached hydrogen (secondary N) is 2. The third kappa shape index (κ3) is 4.44. The van der Waals surface area contributed by atoms with Gasteiger partial charge in [0, 0.05) is 18.8 Å². The first kappa shape index (κ1) is 15.3. The highest BCUT2D eigenvalue weighted by Crippen LogP contribution is 2.13. The van der Waals surface area contributed by atoms with Gasteiger partial charge in [0.2, 0.25) is 10.0 Å². The van der Waals surface area contributed by atoms with Crippen molar-refractivity contribution in [1.29, 1.82) is 0 Å². The van der Waals surface area contributed by atoms with E-state index in [-0.39, 0.29) is 10.7 Å². The molecule has 0 atom stereocenters. The number of nitrogens with two attached hydrogens (primary N) is 1. The Hall–Kier alpha value is -2.12. The standard InChI is InChI=1S/C14H16FN3O2S/c15-13-3-1-2-4-14(13)18-10-9-17-11-5-7-12(8-6-11)21(16,19)20/h1-8,17-18H,9-10H2,(H2,16,19,20). The van der Waals surface area contributed by atoms with E-state index in [9.17, 15) is 12.8 Å². The van der Waals surface area contributed by atoms with Gasteiger partial charge in [0.15, 0.2) is 0 Å². The molecule has 0 bridgehead atoms. The van der Waals surface area contributed by atoms with Gasteiger partial charge in [0.1, 0.15) is 5.82 Å². The van der Waals surface area contributed by atoms with E-state index in [0.29, 0.717) is 18.8 Å². The van der Waals surface area contributed by atoms with Gasteiger partial charge in [-0.25, -0.2) is 17.9 Å². The van der Waals surface area contributed by atoms with Crippen molar-refractivity contribution >= 4 is 21.4 Å². The lowest BCUT2D eigenvalue weighted by molar-refractivity contribution is 0.598. The number of para-hydroxylation sites is 1. The fourth-order valence-electron chi connectivity index (χ4n) is 1.77. The fraction of sp³-hybridized carbons (Fsp3) is 0.143. The fourth-order valence-corrected chi connectivity index (χ4v) is 2.29. The maximum absolute atomic E-state index is 13.3. The molecule has 4 N–H and O–H groups in total. The summed E-state index contributed by atoms with van der Waals surface area (Å²) in [5.74, 6) is -0.296. The van der Waals surface area contributed by atoms with Crippen molar-refractivity contribution in [3.8, 4) is 0 Å². The second-order valence-electron chi connectivity index (χ2n) is 4.40. The number of anilines is 2. The largest absolute Gasteiger partial charge is 0.383 e. The van der Waals surface area contributed by atoms with E-state index in [1.807, 2.05) is 0 Å². The molecule has 0 heterocycles. The van der Waals surface area contributed by atoms with Crippen molar-refractivity contribution in [1.82, 2.24) is 0 Å². The Morgan fingerprint density at radius 1 is 0.952 bits per heavy atom. The summed E-state index contributed by atoms with van der Waals surface area (Å²) in [6.07, 6.45) is 0. The highest BCUT2D eigenvalue weighted by Gasteiger charge is 2.06. The van der Waals surface area contributed by atoms with Gasteiger partial charge in [-0.05, 0) is 36.4 Å². The van der Waals surface area contributed by atoms with Crippen molar-refractivity contribution in [2.45, 2.75) is 4.90 Å². The number of hydrogen-bond donors (Lipinski definition) is 3. The van der Waals surface area contributed by atoms with Crippen LogP contribution < -0.4 is 15.8 Å². The molecule has 0 aliphatic rings. The van der Waals surface area contributed by atoms with Gasteiger partial charge in [-0.3, -0.25) is 0 Å². The smallest absolute Gasteiger partial charge is 0.238 e. The van der Waals surface area contributed by atoms with Crippen LogP contribution >= 0.6 is 0 Å². The zero-order valence-electron chi connectivity index (χ0n) is 11.2. The van der Waals surface area contributed by atoms with E-state index < -0.39 is 10.0 Å². The maximum Gasteiger partial charge on any atom is 0.238 e. The monoisotopic (exact) mass is 309 g/mol. The molecule has 112 valence electrons. The summed E-state index contributed by atoms with van der Waals surface area (Å²) in [6, 6.07) is 12.6. The van der Waals surface area contributed by atoms with Crippen LogP contribution in [0.1, 0.15) is 0 Å². The molecule has 0 spiro atoms. The Morgan fingerprint density at radius 2 is 1.57 bits per heavy atom. The van der Waals surface area contributed by atoms with Gasteiger partial charge in [-0.15, -0.1) is 0 Å². The van der Waals surface area contributed by atoms with Crippen molar-refractivity contribution in [2.75, 3.05) is 23.7 Å².